The monoisotopic (exact) mass is 1280 g/mol. The van der Waals surface area contributed by atoms with Gasteiger partial charge in [-0.15, -0.1) is 17.4 Å². The zero-order chi connectivity index (χ0) is 66.1. The summed E-state index contributed by atoms with van der Waals surface area (Å²) in [6, 6.07) is 12.3. The summed E-state index contributed by atoms with van der Waals surface area (Å²) in [4.78, 5) is 60.3. The lowest BCUT2D eigenvalue weighted by Gasteiger charge is -2.45. The van der Waals surface area contributed by atoms with Crippen molar-refractivity contribution in [3.63, 3.8) is 0 Å². The van der Waals surface area contributed by atoms with Gasteiger partial charge in [0.25, 0.3) is 11.8 Å². The molecule has 4 aromatic rings. The van der Waals surface area contributed by atoms with Gasteiger partial charge in [-0.05, 0) is 119 Å². The average molecular weight is 1290 g/mol. The van der Waals surface area contributed by atoms with Gasteiger partial charge in [-0.3, -0.25) is 14.4 Å². The highest BCUT2D eigenvalue weighted by atomic mass is 28.4. The molecule has 0 spiro atoms. The van der Waals surface area contributed by atoms with E-state index in [1.807, 2.05) is 86.2 Å². The quantitative estimate of drug-likeness (QED) is 0.0193. The molecule has 4 aliphatic rings. The zero-order valence-corrected chi connectivity index (χ0v) is 56.5. The van der Waals surface area contributed by atoms with Gasteiger partial charge in [-0.1, -0.05) is 37.1 Å². The fourth-order valence-corrected chi connectivity index (χ4v) is 12.7. The van der Waals surface area contributed by atoms with Crippen LogP contribution in [0.2, 0.25) is 25.0 Å². The maximum atomic E-state index is 14.6. The van der Waals surface area contributed by atoms with Gasteiger partial charge in [0.05, 0.1) is 116 Å². The Morgan fingerprint density at radius 2 is 1.29 bits per heavy atom. The van der Waals surface area contributed by atoms with E-state index in [2.05, 4.69) is 50.1 Å². The Bertz CT molecular complexity index is 3290. The van der Waals surface area contributed by atoms with Gasteiger partial charge in [-0.25, -0.2) is 4.68 Å². The predicted octanol–water partition coefficient (Wildman–Crippen LogP) is 8.82. The number of hydrogen-bond acceptors (Lipinski definition) is 19. The van der Waals surface area contributed by atoms with Crippen molar-refractivity contribution < 1.29 is 71.3 Å². The molecule has 92 heavy (non-hydrogen) atoms. The molecule has 5 heterocycles. The molecule has 1 radical (unpaired) electrons. The zero-order valence-electron chi connectivity index (χ0n) is 55.5. The van der Waals surface area contributed by atoms with Crippen molar-refractivity contribution in [1.29, 1.82) is 0 Å². The summed E-state index contributed by atoms with van der Waals surface area (Å²) >= 11 is 0. The second kappa shape index (κ2) is 33.3. The molecule has 1 aromatic heterocycles. The summed E-state index contributed by atoms with van der Waals surface area (Å²) < 4.78 is 62.0. The number of terminal acetylenes is 1. The van der Waals surface area contributed by atoms with E-state index in [-0.39, 0.29) is 54.0 Å². The molecule has 0 saturated carbocycles. The number of aromatic nitrogens is 3. The minimum Gasteiger partial charge on any atom is -0.493 e. The van der Waals surface area contributed by atoms with Crippen LogP contribution in [0.25, 0.3) is 11.3 Å². The van der Waals surface area contributed by atoms with Crippen molar-refractivity contribution in [2.75, 3.05) is 96.0 Å². The summed E-state index contributed by atoms with van der Waals surface area (Å²) in [7, 11) is -0.404. The van der Waals surface area contributed by atoms with E-state index in [1.54, 1.807) is 33.4 Å². The van der Waals surface area contributed by atoms with Gasteiger partial charge in [-0.2, -0.15) is 0 Å². The fourth-order valence-electron chi connectivity index (χ4n) is 11.5. The molecular formula is C67H92B2N7O15Si. The molecule has 0 aliphatic carbocycles. The predicted molar refractivity (Wildman–Crippen MR) is 355 cm³/mol. The lowest BCUT2D eigenvalue weighted by Crippen LogP contribution is -2.57. The second-order valence-corrected chi connectivity index (χ2v) is 30.1. The van der Waals surface area contributed by atoms with Crippen molar-refractivity contribution in [2.45, 2.75) is 156 Å². The highest BCUT2D eigenvalue weighted by Gasteiger charge is 2.49. The van der Waals surface area contributed by atoms with Crippen LogP contribution in [0.15, 0.2) is 72.2 Å². The molecule has 0 saturated heterocycles. The first-order valence-corrected chi connectivity index (χ1v) is 34.8. The molecule has 0 bridgehead atoms. The molecule has 0 fully saturated rings. The normalized spacial score (nSPS) is 17.9. The number of fused-ring (bicyclic) bond motifs is 4. The lowest BCUT2D eigenvalue weighted by molar-refractivity contribution is -0.119. The van der Waals surface area contributed by atoms with E-state index in [0.29, 0.717) is 170 Å². The molecule has 22 nitrogen and oxygen atoms in total. The Morgan fingerprint density at radius 3 is 1.86 bits per heavy atom. The van der Waals surface area contributed by atoms with Gasteiger partial charge in [0.15, 0.2) is 19.8 Å². The topological polar surface area (TPSA) is 224 Å². The number of hydrogen-bond donors (Lipinski definition) is 1. The number of methoxy groups -OCH3 is 1. The van der Waals surface area contributed by atoms with Crippen molar-refractivity contribution in [2.24, 2.45) is 0 Å². The maximum absolute atomic E-state index is 14.6. The average Bonchev–Trinajstić information content (AvgIpc) is 1.60. The van der Waals surface area contributed by atoms with Crippen LogP contribution < -0.4 is 23.8 Å². The van der Waals surface area contributed by atoms with Crippen molar-refractivity contribution in [3.05, 3.63) is 100 Å². The van der Waals surface area contributed by atoms with Crippen LogP contribution in [0.5, 0.6) is 17.2 Å². The number of aryl methyl sites for hydroxylation is 1. The first kappa shape index (κ1) is 71.0. The number of anilines is 2. The number of nitrogens with zero attached hydrogens (tertiary/aromatic N) is 7. The fraction of sp³-hybridized carbons (Fsp3) is 0.552. The molecule has 4 aliphatic heterocycles. The molecule has 1 N–H and O–H groups in total. The third-order valence-electron chi connectivity index (χ3n) is 17.3. The summed E-state index contributed by atoms with van der Waals surface area (Å²) in [6.07, 6.45) is 14.3. The molecule has 2 amide bonds. The number of carbonyl (C=O) groups excluding carboxylic acids is 4. The van der Waals surface area contributed by atoms with E-state index in [1.165, 1.54) is 14.5 Å². The van der Waals surface area contributed by atoms with Gasteiger partial charge < -0.3 is 76.3 Å². The number of benzene rings is 3. The van der Waals surface area contributed by atoms with Crippen LogP contribution in [0.1, 0.15) is 117 Å². The maximum Gasteiger partial charge on any atom is 0.409 e. The number of Topliss-reactive ketones (excluding diaryl/α,β-unsaturated/α-hetero) is 1. The molecule has 3 aromatic carbocycles. The van der Waals surface area contributed by atoms with Crippen LogP contribution >= 0.6 is 0 Å². The highest BCUT2D eigenvalue weighted by molar-refractivity contribution is 6.74. The van der Waals surface area contributed by atoms with Crippen LogP contribution in [-0.4, -0.2) is 187 Å². The van der Waals surface area contributed by atoms with Crippen molar-refractivity contribution in [1.82, 2.24) is 24.8 Å². The summed E-state index contributed by atoms with van der Waals surface area (Å²) in [5.74, 6) is 3.52. The summed E-state index contributed by atoms with van der Waals surface area (Å²) in [5, 5.41) is 20.1. The first-order valence-electron chi connectivity index (χ1n) is 31.9. The molecule has 25 heteroatoms. The van der Waals surface area contributed by atoms with E-state index in [4.69, 9.17) is 53.5 Å². The Kier molecular flexibility index (Phi) is 25.7. The van der Waals surface area contributed by atoms with Gasteiger partial charge in [0, 0.05) is 73.4 Å². The Balaban J connectivity index is 0.911. The molecular weight excluding hydrogens is 1190 g/mol. The highest BCUT2D eigenvalue weighted by Crippen LogP contribution is 2.45. The molecule has 4 atom stereocenters. The van der Waals surface area contributed by atoms with Crippen LogP contribution in [0.3, 0.4) is 0 Å². The molecule has 0 unspecified atom stereocenters. The van der Waals surface area contributed by atoms with Crippen molar-refractivity contribution in [3.8, 4) is 40.8 Å². The summed E-state index contributed by atoms with van der Waals surface area (Å²) in [5.41, 5.74) is 7.59. The van der Waals surface area contributed by atoms with Crippen LogP contribution in [0, 0.1) is 19.3 Å². The molecule has 8 rings (SSSR count). The van der Waals surface area contributed by atoms with Gasteiger partial charge >= 0.3 is 14.5 Å². The summed E-state index contributed by atoms with van der Waals surface area (Å²) in [6.45, 7) is 26.2. The smallest absolute Gasteiger partial charge is 0.409 e. The minimum atomic E-state index is -2.48. The Labute approximate surface area is 544 Å². The standard InChI is InChI=1S/C67H92B2N7O15Si/c1-13-14-16-53(78)17-15-19-83-21-23-85-25-27-87-29-30-88-28-26-86-24-22-84-20-18-72-42-56(70-71-72)52-35-50(34-51(36-52)44-90-63-39-59-55(37-62(63)82-10)65(80)73-40-46(2)31-57(73)49(5)76(59)69(9)81)43-89-61-38-58-54(33-48(61)4)64(79)74-41-47(3)32-60(74)66(75(58)68-45-77)91-92(11,12)67(6,7)8/h1,33-42,45,49,57,60,66,81H,14-32,43-44H2,2-12H3/t49-,57-,60-,66-/m0/s1. The molecule has 495 valence electrons. The SMILES string of the molecule is C#CCCC(=O)CCCOCCOCCOCCOCCOCCOCCn1cc(-c2cc(COc3cc4c(cc3C)C(=O)N3C=C(C)C[C@H]3[C@H](O[Si](C)(C)C(C)(C)C)N4[B]C=O)cc(COc3cc4c(cc3OC)C(=O)N3C=C(C)C[C@H]3[C@H](C)N4B(C)O)c2)nn1. The number of rotatable bonds is 37. The Morgan fingerprint density at radius 1 is 0.750 bits per heavy atom. The first-order chi connectivity index (χ1) is 44.1. The number of ketones is 1. The third-order valence-corrected chi connectivity index (χ3v) is 21.7. The van der Waals surface area contributed by atoms with E-state index < -0.39 is 21.6 Å². The van der Waals surface area contributed by atoms with E-state index in [0.717, 1.165) is 39.6 Å². The Hall–Kier alpha value is -6.85. The minimum absolute atomic E-state index is 0.0596. The lowest BCUT2D eigenvalue weighted by atomic mass is 9.80. The second-order valence-electron chi connectivity index (χ2n) is 25.3. The number of carbonyl (C=O) groups is 4. The van der Waals surface area contributed by atoms with Crippen LogP contribution in [-0.2, 0) is 62.2 Å². The number of ether oxygens (including phenoxy) is 9. The largest absolute Gasteiger partial charge is 0.493 e. The van der Waals surface area contributed by atoms with Crippen molar-refractivity contribution >= 4 is 57.9 Å². The van der Waals surface area contributed by atoms with Gasteiger partial charge in [0.1, 0.15) is 42.9 Å². The third kappa shape index (κ3) is 18.3. The van der Waals surface area contributed by atoms with Crippen LogP contribution in [0.4, 0.5) is 11.4 Å². The number of amides is 2. The van der Waals surface area contributed by atoms with E-state index >= 15 is 0 Å². The van der Waals surface area contributed by atoms with E-state index in [9.17, 15) is 24.2 Å². The van der Waals surface area contributed by atoms with Gasteiger partial charge in [0.2, 0.25) is 0 Å².